The first-order valence-electron chi connectivity index (χ1n) is 7.41. The third-order valence-corrected chi connectivity index (χ3v) is 4.17. The van der Waals surface area contributed by atoms with Gasteiger partial charge in [-0.3, -0.25) is 4.79 Å². The molecule has 2 rings (SSSR count). The molecule has 4 N–H and O–H groups in total. The van der Waals surface area contributed by atoms with E-state index in [0.29, 0.717) is 11.5 Å². The van der Waals surface area contributed by atoms with Crippen molar-refractivity contribution in [3.05, 3.63) is 35.4 Å². The minimum atomic E-state index is -0.104. The highest BCUT2D eigenvalue weighted by molar-refractivity contribution is 5.95. The molecule has 5 nitrogen and oxygen atoms in total. The molecule has 5 heteroatoms. The molecule has 0 spiro atoms. The van der Waals surface area contributed by atoms with Gasteiger partial charge in [0.2, 0.25) is 0 Å². The predicted molar refractivity (Wildman–Crippen MR) is 82.5 cm³/mol. The Balaban J connectivity index is 2.04. The fourth-order valence-corrected chi connectivity index (χ4v) is 2.83. The first-order valence-corrected chi connectivity index (χ1v) is 7.41. The molecule has 1 saturated carbocycles. The van der Waals surface area contributed by atoms with Gasteiger partial charge >= 0.3 is 0 Å². The summed E-state index contributed by atoms with van der Waals surface area (Å²) in [4.78, 5) is 12.3. The molecule has 2 atom stereocenters. The summed E-state index contributed by atoms with van der Waals surface area (Å²) < 4.78 is 0. The van der Waals surface area contributed by atoms with Crippen LogP contribution in [0.3, 0.4) is 0 Å². The fraction of sp³-hybridized carbons (Fsp3) is 0.500. The molecular weight excluding hydrogens is 266 g/mol. The normalized spacial score (nSPS) is 22.5. The molecule has 0 heterocycles. The zero-order valence-electron chi connectivity index (χ0n) is 12.5. The van der Waals surface area contributed by atoms with Gasteiger partial charge in [-0.2, -0.15) is 0 Å². The molecule has 21 heavy (non-hydrogen) atoms. The van der Waals surface area contributed by atoms with Crippen LogP contribution in [-0.4, -0.2) is 23.0 Å². The second-order valence-corrected chi connectivity index (χ2v) is 5.92. The Morgan fingerprint density at radius 2 is 2.00 bits per heavy atom. The lowest BCUT2D eigenvalue weighted by Crippen LogP contribution is -2.42. The Hall–Kier alpha value is -2.04. The van der Waals surface area contributed by atoms with Crippen LogP contribution in [0.15, 0.2) is 29.4 Å². The summed E-state index contributed by atoms with van der Waals surface area (Å²) in [6, 6.07) is 7.60. The number of hydrogen-bond acceptors (Lipinski definition) is 3. The molecule has 1 aromatic carbocycles. The van der Waals surface area contributed by atoms with Crippen LogP contribution in [-0.2, 0) is 0 Å². The molecule has 1 fully saturated rings. The third-order valence-electron chi connectivity index (χ3n) is 4.17. The Morgan fingerprint density at radius 3 is 2.57 bits per heavy atom. The van der Waals surface area contributed by atoms with E-state index in [9.17, 15) is 4.79 Å². The molecule has 0 bridgehead atoms. The number of rotatable bonds is 4. The smallest absolute Gasteiger partial charge is 0.251 e. The summed E-state index contributed by atoms with van der Waals surface area (Å²) in [7, 11) is 0. The van der Waals surface area contributed by atoms with Crippen molar-refractivity contribution < 1.29 is 10.0 Å². The number of benzene rings is 1. The maximum Gasteiger partial charge on any atom is 0.251 e. The number of carbonyl (C=O) groups excluding carboxylic acids is 1. The van der Waals surface area contributed by atoms with E-state index in [1.54, 1.807) is 0 Å². The lowest BCUT2D eigenvalue weighted by Gasteiger charge is -2.20. The standard InChI is InChI=1S/C16H23N3O2/c1-10(2)11-6-8-12(9-7-11)16(20)18-14-5-3-4-13(14)15(17)19-21/h6-10,13-14,21H,3-5H2,1-2H3,(H2,17,19)(H,18,20). The summed E-state index contributed by atoms with van der Waals surface area (Å²) in [5.41, 5.74) is 7.54. The van der Waals surface area contributed by atoms with E-state index in [1.807, 2.05) is 24.3 Å². The van der Waals surface area contributed by atoms with Crippen LogP contribution >= 0.6 is 0 Å². The Bertz CT molecular complexity index is 523. The molecule has 0 aromatic heterocycles. The van der Waals surface area contributed by atoms with Crippen molar-refractivity contribution in [2.45, 2.75) is 45.1 Å². The van der Waals surface area contributed by atoms with Crippen molar-refractivity contribution in [1.82, 2.24) is 5.32 Å². The second kappa shape index (κ2) is 6.61. The van der Waals surface area contributed by atoms with Gasteiger partial charge in [-0.15, -0.1) is 0 Å². The fourth-order valence-electron chi connectivity index (χ4n) is 2.83. The third kappa shape index (κ3) is 3.54. The molecule has 114 valence electrons. The van der Waals surface area contributed by atoms with Crippen molar-refractivity contribution in [2.24, 2.45) is 16.8 Å². The van der Waals surface area contributed by atoms with E-state index >= 15 is 0 Å². The molecule has 1 aromatic rings. The number of amidine groups is 1. The van der Waals surface area contributed by atoms with Crippen LogP contribution in [0.2, 0.25) is 0 Å². The maximum atomic E-state index is 12.3. The molecule has 2 unspecified atom stereocenters. The van der Waals surface area contributed by atoms with E-state index in [2.05, 4.69) is 24.3 Å². The summed E-state index contributed by atoms with van der Waals surface area (Å²) in [6.45, 7) is 4.24. The number of amides is 1. The van der Waals surface area contributed by atoms with E-state index in [4.69, 9.17) is 10.9 Å². The lowest BCUT2D eigenvalue weighted by molar-refractivity contribution is 0.0933. The van der Waals surface area contributed by atoms with Gasteiger partial charge in [-0.1, -0.05) is 37.6 Å². The zero-order valence-corrected chi connectivity index (χ0v) is 12.5. The summed E-state index contributed by atoms with van der Waals surface area (Å²) in [5, 5.41) is 14.9. The van der Waals surface area contributed by atoms with Crippen molar-refractivity contribution in [3.63, 3.8) is 0 Å². The number of hydrogen-bond donors (Lipinski definition) is 3. The van der Waals surface area contributed by atoms with Crippen LogP contribution in [0.5, 0.6) is 0 Å². The Kier molecular flexibility index (Phi) is 4.83. The predicted octanol–water partition coefficient (Wildman–Crippen LogP) is 2.45. The SMILES string of the molecule is CC(C)c1ccc(C(=O)NC2CCCC2C(N)=NO)cc1. The molecule has 1 aliphatic rings. The minimum Gasteiger partial charge on any atom is -0.409 e. The highest BCUT2D eigenvalue weighted by Crippen LogP contribution is 2.26. The van der Waals surface area contributed by atoms with Gasteiger partial charge < -0.3 is 16.3 Å². The zero-order chi connectivity index (χ0) is 15.4. The molecule has 0 aliphatic heterocycles. The number of nitrogens with one attached hydrogen (secondary N) is 1. The summed E-state index contributed by atoms with van der Waals surface area (Å²) >= 11 is 0. The largest absolute Gasteiger partial charge is 0.409 e. The first kappa shape index (κ1) is 15.4. The molecule has 0 saturated heterocycles. The van der Waals surface area contributed by atoms with Crippen LogP contribution < -0.4 is 11.1 Å². The number of nitrogens with two attached hydrogens (primary N) is 1. The van der Waals surface area contributed by atoms with E-state index in [0.717, 1.165) is 19.3 Å². The Labute approximate surface area is 125 Å². The highest BCUT2D eigenvalue weighted by atomic mass is 16.4. The first-order chi connectivity index (χ1) is 10.0. The topological polar surface area (TPSA) is 87.7 Å². The average molecular weight is 289 g/mol. The quantitative estimate of drug-likeness (QED) is 0.344. The van der Waals surface area contributed by atoms with E-state index < -0.39 is 0 Å². The van der Waals surface area contributed by atoms with Crippen molar-refractivity contribution >= 4 is 11.7 Å². The number of oxime groups is 1. The minimum absolute atomic E-state index is 0.0572. The van der Waals surface area contributed by atoms with Gasteiger partial charge in [0, 0.05) is 17.5 Å². The second-order valence-electron chi connectivity index (χ2n) is 5.92. The van der Waals surface area contributed by atoms with Gasteiger partial charge in [0.05, 0.1) is 0 Å². The summed E-state index contributed by atoms with van der Waals surface area (Å²) in [6.07, 6.45) is 2.67. The summed E-state index contributed by atoms with van der Waals surface area (Å²) in [5.74, 6) is 0.469. The number of carbonyl (C=O) groups is 1. The molecule has 1 aliphatic carbocycles. The van der Waals surface area contributed by atoms with Gasteiger partial charge in [0.15, 0.2) is 0 Å². The van der Waals surface area contributed by atoms with Crippen molar-refractivity contribution in [2.75, 3.05) is 0 Å². The van der Waals surface area contributed by atoms with Crippen molar-refractivity contribution in [1.29, 1.82) is 0 Å². The van der Waals surface area contributed by atoms with Gasteiger partial charge in [-0.25, -0.2) is 0 Å². The molecular formula is C16H23N3O2. The van der Waals surface area contributed by atoms with E-state index in [-0.39, 0.29) is 23.7 Å². The van der Waals surface area contributed by atoms with Crippen molar-refractivity contribution in [3.8, 4) is 0 Å². The van der Waals surface area contributed by atoms with E-state index in [1.165, 1.54) is 5.56 Å². The maximum absolute atomic E-state index is 12.3. The van der Waals surface area contributed by atoms with Crippen LogP contribution in [0, 0.1) is 5.92 Å². The van der Waals surface area contributed by atoms with Gasteiger partial charge in [0.25, 0.3) is 5.91 Å². The molecule has 0 radical (unpaired) electrons. The van der Waals surface area contributed by atoms with Gasteiger partial charge in [0.1, 0.15) is 5.84 Å². The van der Waals surface area contributed by atoms with Crippen LogP contribution in [0.4, 0.5) is 0 Å². The molecule has 1 amide bonds. The average Bonchev–Trinajstić information content (AvgIpc) is 2.94. The van der Waals surface area contributed by atoms with Gasteiger partial charge in [-0.05, 0) is 36.5 Å². The highest BCUT2D eigenvalue weighted by Gasteiger charge is 2.31. The lowest BCUT2D eigenvalue weighted by atomic mass is 10.00. The van der Waals surface area contributed by atoms with Crippen LogP contribution in [0.1, 0.15) is 54.9 Å². The number of nitrogens with zero attached hydrogens (tertiary/aromatic N) is 1. The Morgan fingerprint density at radius 1 is 1.33 bits per heavy atom. The van der Waals surface area contributed by atoms with Crippen LogP contribution in [0.25, 0.3) is 0 Å². The monoisotopic (exact) mass is 289 g/mol.